The molecule has 1 aromatic rings. The summed E-state index contributed by atoms with van der Waals surface area (Å²) < 4.78 is 11.3. The number of hydrogen-bond donors (Lipinski definition) is 1. The summed E-state index contributed by atoms with van der Waals surface area (Å²) in [6, 6.07) is 0. The quantitative estimate of drug-likeness (QED) is 0.182. The molecular formula is C32H46N2O6S. The minimum Gasteiger partial charge on any atom is -0.465 e. The van der Waals surface area contributed by atoms with Crippen molar-refractivity contribution in [1.29, 1.82) is 0 Å². The van der Waals surface area contributed by atoms with Gasteiger partial charge in [-0.1, -0.05) is 58.9 Å². The minimum absolute atomic E-state index is 0.0168. The van der Waals surface area contributed by atoms with E-state index in [-0.39, 0.29) is 34.7 Å². The van der Waals surface area contributed by atoms with Gasteiger partial charge in [0.15, 0.2) is 5.16 Å². The normalized spacial score (nSPS) is 36.6. The maximum atomic E-state index is 13.6. The first kappa shape index (κ1) is 31.7. The number of ether oxygens (including phenoxy) is 2. The fraction of sp³-hybridized carbons (Fsp3) is 0.719. The van der Waals surface area contributed by atoms with Crippen LogP contribution in [0.15, 0.2) is 17.8 Å². The van der Waals surface area contributed by atoms with Crippen molar-refractivity contribution in [3.8, 4) is 0 Å². The molecule has 0 spiro atoms. The average molecular weight is 587 g/mol. The number of esters is 2. The zero-order valence-electron chi connectivity index (χ0n) is 25.6. The Bertz CT molecular complexity index is 1220. The lowest BCUT2D eigenvalue weighted by atomic mass is 9.44. The third-order valence-corrected chi connectivity index (χ3v) is 11.7. The summed E-state index contributed by atoms with van der Waals surface area (Å²) in [5, 5.41) is 12.1. The molecule has 0 radical (unpaired) electrons. The molecule has 3 fully saturated rings. The first-order valence-electron chi connectivity index (χ1n) is 14.9. The van der Waals surface area contributed by atoms with Crippen molar-refractivity contribution in [1.82, 2.24) is 9.97 Å². The molecule has 8 atom stereocenters. The lowest BCUT2D eigenvalue weighted by molar-refractivity contribution is -0.205. The Hall–Kier alpha value is -2.26. The molecule has 0 aliphatic heterocycles. The number of carbonyl (C=O) groups is 3. The van der Waals surface area contributed by atoms with Gasteiger partial charge in [0, 0.05) is 23.2 Å². The van der Waals surface area contributed by atoms with Crippen LogP contribution in [-0.4, -0.2) is 57.9 Å². The van der Waals surface area contributed by atoms with E-state index in [0.29, 0.717) is 41.4 Å². The maximum Gasteiger partial charge on any atom is 0.341 e. The van der Waals surface area contributed by atoms with Gasteiger partial charge in [-0.25, -0.2) is 14.8 Å². The van der Waals surface area contributed by atoms with Crippen molar-refractivity contribution >= 4 is 29.5 Å². The number of carbonyl (C=O) groups excluding carboxylic acids is 3. The number of methoxy groups -OCH3 is 1. The molecule has 4 rings (SSSR count). The van der Waals surface area contributed by atoms with Gasteiger partial charge in [0.1, 0.15) is 17.5 Å². The molecular weight excluding hydrogens is 540 g/mol. The van der Waals surface area contributed by atoms with Crippen molar-refractivity contribution in [2.24, 2.45) is 34.0 Å². The Morgan fingerprint density at radius 3 is 2.56 bits per heavy atom. The predicted octanol–water partition coefficient (Wildman–Crippen LogP) is 5.52. The molecule has 41 heavy (non-hydrogen) atoms. The number of ketones is 1. The standard InChI is InChI=1S/C32H46N2O6S/c1-9-11-21-25(28(38)39-8)20(5)33-29(34-21)41-17-24(36)40-23-16-30(6,10-2)27(37)19(4)32-14-12-18(3)31(23,7)26(32)22(35)13-15-32/h10,18-19,23,26-27,37H,2,9,11-17H2,1,3-8H3/t18-,19+,23-,26+,27+,30-,31+,32+/m1/s1. The molecule has 1 N–H and O–H groups in total. The zero-order valence-corrected chi connectivity index (χ0v) is 26.4. The van der Waals surface area contributed by atoms with Crippen LogP contribution in [0.25, 0.3) is 0 Å². The summed E-state index contributed by atoms with van der Waals surface area (Å²) in [4.78, 5) is 48.4. The number of thioether (sulfide) groups is 1. The molecule has 8 nitrogen and oxygen atoms in total. The van der Waals surface area contributed by atoms with Crippen molar-refractivity contribution < 1.29 is 29.0 Å². The van der Waals surface area contributed by atoms with E-state index in [0.717, 1.165) is 25.7 Å². The topological polar surface area (TPSA) is 116 Å². The number of aliphatic hydroxyl groups excluding tert-OH is 1. The monoisotopic (exact) mass is 586 g/mol. The summed E-state index contributed by atoms with van der Waals surface area (Å²) in [5.41, 5.74) is -0.0732. The average Bonchev–Trinajstić information content (AvgIpc) is 3.30. The molecule has 0 unspecified atom stereocenters. The van der Waals surface area contributed by atoms with Crippen LogP contribution in [0.4, 0.5) is 0 Å². The van der Waals surface area contributed by atoms with Gasteiger partial charge in [-0.15, -0.1) is 6.58 Å². The van der Waals surface area contributed by atoms with Crippen LogP contribution in [0.2, 0.25) is 0 Å². The smallest absolute Gasteiger partial charge is 0.341 e. The van der Waals surface area contributed by atoms with Crippen LogP contribution in [0, 0.1) is 40.9 Å². The van der Waals surface area contributed by atoms with Crippen molar-refractivity contribution in [2.75, 3.05) is 12.9 Å². The highest BCUT2D eigenvalue weighted by Gasteiger charge is 2.68. The highest BCUT2D eigenvalue weighted by molar-refractivity contribution is 7.99. The van der Waals surface area contributed by atoms with Crippen LogP contribution >= 0.6 is 11.8 Å². The summed E-state index contributed by atoms with van der Waals surface area (Å²) in [6.07, 6.45) is 5.38. The van der Waals surface area contributed by atoms with Gasteiger partial charge in [-0.05, 0) is 56.3 Å². The number of aliphatic hydroxyl groups is 1. The van der Waals surface area contributed by atoms with Crippen molar-refractivity contribution in [2.45, 2.75) is 104 Å². The Kier molecular flexibility index (Phi) is 9.11. The van der Waals surface area contributed by atoms with Crippen molar-refractivity contribution in [3.63, 3.8) is 0 Å². The molecule has 3 aliphatic rings. The molecule has 0 amide bonds. The number of aromatic nitrogens is 2. The number of Topliss-reactive ketones (excluding diaryl/α,β-unsaturated/α-hetero) is 1. The Morgan fingerprint density at radius 2 is 1.93 bits per heavy atom. The molecule has 3 aliphatic carbocycles. The van der Waals surface area contributed by atoms with E-state index in [1.165, 1.54) is 18.9 Å². The SMILES string of the molecule is C=C[C@]1(C)C[C@@H](OC(=O)CSc2nc(C)c(C(=O)OC)c(CCC)n2)[C@]2(C)[C@H](C)CC[C@]3(CCC(=O)[C@H]32)[C@@H](C)[C@@H]1O. The van der Waals surface area contributed by atoms with Gasteiger partial charge in [-0.3, -0.25) is 9.59 Å². The summed E-state index contributed by atoms with van der Waals surface area (Å²) in [7, 11) is 1.33. The van der Waals surface area contributed by atoms with Crippen LogP contribution in [0.5, 0.6) is 0 Å². The van der Waals surface area contributed by atoms with E-state index in [9.17, 15) is 19.5 Å². The van der Waals surface area contributed by atoms with E-state index in [1.54, 1.807) is 13.0 Å². The van der Waals surface area contributed by atoms with E-state index in [4.69, 9.17) is 9.47 Å². The number of nitrogens with zero attached hydrogens (tertiary/aromatic N) is 2. The molecule has 3 saturated carbocycles. The molecule has 2 bridgehead atoms. The Balaban J connectivity index is 1.63. The molecule has 0 saturated heterocycles. The third-order valence-electron chi connectivity index (χ3n) is 10.9. The summed E-state index contributed by atoms with van der Waals surface area (Å²) >= 11 is 1.17. The Labute approximate surface area is 248 Å². The fourth-order valence-corrected chi connectivity index (χ4v) is 8.96. The Morgan fingerprint density at radius 1 is 1.22 bits per heavy atom. The van der Waals surface area contributed by atoms with Gasteiger partial charge >= 0.3 is 11.9 Å². The van der Waals surface area contributed by atoms with Gasteiger partial charge in [-0.2, -0.15) is 0 Å². The first-order valence-corrected chi connectivity index (χ1v) is 15.9. The minimum atomic E-state index is -0.705. The molecule has 1 aromatic heterocycles. The van der Waals surface area contributed by atoms with Gasteiger partial charge < -0.3 is 14.6 Å². The van der Waals surface area contributed by atoms with E-state index >= 15 is 0 Å². The lowest BCUT2D eigenvalue weighted by Gasteiger charge is -2.61. The van der Waals surface area contributed by atoms with Crippen molar-refractivity contribution in [3.05, 3.63) is 29.6 Å². The second kappa shape index (κ2) is 11.8. The van der Waals surface area contributed by atoms with E-state index in [1.807, 2.05) is 13.8 Å². The lowest BCUT2D eigenvalue weighted by Crippen LogP contribution is -2.63. The fourth-order valence-electron chi connectivity index (χ4n) is 8.27. The van der Waals surface area contributed by atoms with E-state index < -0.39 is 35.0 Å². The number of hydrogen-bond acceptors (Lipinski definition) is 9. The maximum absolute atomic E-state index is 13.6. The highest BCUT2D eigenvalue weighted by atomic mass is 32.2. The van der Waals surface area contributed by atoms with Gasteiger partial charge in [0.25, 0.3) is 0 Å². The molecule has 0 aromatic carbocycles. The first-order chi connectivity index (χ1) is 19.3. The third kappa shape index (κ3) is 5.26. The van der Waals surface area contributed by atoms with Crippen LogP contribution in [-0.2, 0) is 25.5 Å². The second-order valence-electron chi connectivity index (χ2n) is 13.0. The van der Waals surface area contributed by atoms with Gasteiger partial charge in [0.05, 0.1) is 30.4 Å². The van der Waals surface area contributed by atoms with Crippen LogP contribution in [0.3, 0.4) is 0 Å². The molecule has 226 valence electrons. The molecule has 1 heterocycles. The number of aryl methyl sites for hydroxylation is 2. The summed E-state index contributed by atoms with van der Waals surface area (Å²) in [6.45, 7) is 16.2. The van der Waals surface area contributed by atoms with Gasteiger partial charge in [0.2, 0.25) is 0 Å². The largest absolute Gasteiger partial charge is 0.465 e. The van der Waals surface area contributed by atoms with E-state index in [2.05, 4.69) is 37.3 Å². The molecule has 9 heteroatoms. The highest BCUT2D eigenvalue weighted by Crippen LogP contribution is 2.68. The summed E-state index contributed by atoms with van der Waals surface area (Å²) in [5.74, 6) is -0.854. The van der Waals surface area contributed by atoms with Crippen LogP contribution < -0.4 is 0 Å². The predicted molar refractivity (Wildman–Crippen MR) is 157 cm³/mol. The van der Waals surface area contributed by atoms with Crippen LogP contribution in [0.1, 0.15) is 94.9 Å². The number of rotatable bonds is 8. The second-order valence-corrected chi connectivity index (χ2v) is 14.0. The zero-order chi connectivity index (χ0) is 30.3.